The lowest BCUT2D eigenvalue weighted by Crippen LogP contribution is -2.17. The molecule has 2 aliphatic rings. The van der Waals surface area contributed by atoms with Crippen molar-refractivity contribution in [1.82, 2.24) is 0 Å². The van der Waals surface area contributed by atoms with Gasteiger partial charge in [-0.15, -0.1) is 0 Å². The highest BCUT2D eigenvalue weighted by Crippen LogP contribution is 2.54. The number of anilines is 3. The predicted octanol–water partition coefficient (Wildman–Crippen LogP) is 15.0. The van der Waals surface area contributed by atoms with Gasteiger partial charge in [0.1, 0.15) is 5.58 Å². The van der Waals surface area contributed by atoms with Gasteiger partial charge in [0.2, 0.25) is 0 Å². The van der Waals surface area contributed by atoms with Crippen LogP contribution in [0.15, 0.2) is 180 Å². The maximum Gasteiger partial charge on any atom is 0.160 e. The molecule has 0 aliphatic heterocycles. The molecule has 0 saturated heterocycles. The molecule has 268 valence electrons. The van der Waals surface area contributed by atoms with E-state index in [0.29, 0.717) is 0 Å². The summed E-state index contributed by atoms with van der Waals surface area (Å²) in [5.74, 6) is 0. The number of benzene rings is 8. The van der Waals surface area contributed by atoms with Crippen LogP contribution in [0.5, 0.6) is 0 Å². The van der Waals surface area contributed by atoms with Crippen molar-refractivity contribution in [2.75, 3.05) is 4.90 Å². The first-order valence-corrected chi connectivity index (χ1v) is 19.7. The molecule has 2 nitrogen and oxygen atoms in total. The fourth-order valence-corrected chi connectivity index (χ4v) is 9.77. The van der Waals surface area contributed by atoms with Gasteiger partial charge < -0.3 is 9.32 Å². The second-order valence-corrected chi connectivity index (χ2v) is 16.5. The molecule has 2 heteroatoms. The number of nitrogens with zero attached hydrogens (tertiary/aromatic N) is 1. The summed E-state index contributed by atoms with van der Waals surface area (Å²) in [6.07, 6.45) is 0. The monoisotopic (exact) mass is 719 g/mol. The quantitative estimate of drug-likeness (QED) is 0.176. The molecule has 0 radical (unpaired) electrons. The minimum Gasteiger partial charge on any atom is -0.454 e. The summed E-state index contributed by atoms with van der Waals surface area (Å²) >= 11 is 0. The zero-order valence-corrected chi connectivity index (χ0v) is 32.1. The first kappa shape index (κ1) is 32.8. The lowest BCUT2D eigenvalue weighted by molar-refractivity contribution is 0.660. The fraction of sp³-hybridized carbons (Fsp3) is 0.111. The van der Waals surface area contributed by atoms with Crippen LogP contribution in [-0.2, 0) is 10.8 Å². The zero-order chi connectivity index (χ0) is 37.8. The van der Waals surface area contributed by atoms with Gasteiger partial charge in [0.15, 0.2) is 5.58 Å². The first-order chi connectivity index (χ1) is 27.3. The zero-order valence-electron chi connectivity index (χ0n) is 32.1. The van der Waals surface area contributed by atoms with Crippen molar-refractivity contribution in [3.63, 3.8) is 0 Å². The number of rotatable bonds is 5. The number of para-hydroxylation sites is 1. The molecule has 0 amide bonds. The van der Waals surface area contributed by atoms with Crippen LogP contribution in [0.2, 0.25) is 0 Å². The Kier molecular flexibility index (Phi) is 6.98. The van der Waals surface area contributed by atoms with Crippen LogP contribution in [-0.4, -0.2) is 0 Å². The molecule has 0 unspecified atom stereocenters. The van der Waals surface area contributed by atoms with Crippen LogP contribution < -0.4 is 4.90 Å². The van der Waals surface area contributed by atoms with Gasteiger partial charge in [0.05, 0.1) is 5.69 Å². The third-order valence-corrected chi connectivity index (χ3v) is 12.7. The van der Waals surface area contributed by atoms with Gasteiger partial charge >= 0.3 is 0 Å². The van der Waals surface area contributed by atoms with Crippen LogP contribution in [0, 0.1) is 0 Å². The van der Waals surface area contributed by atoms with E-state index in [1.54, 1.807) is 0 Å². The van der Waals surface area contributed by atoms with Crippen LogP contribution in [0.4, 0.5) is 17.1 Å². The third kappa shape index (κ3) is 4.69. The Morgan fingerprint density at radius 3 is 1.61 bits per heavy atom. The summed E-state index contributed by atoms with van der Waals surface area (Å²) in [6, 6.07) is 64.5. The molecule has 0 spiro atoms. The Morgan fingerprint density at radius 1 is 0.375 bits per heavy atom. The van der Waals surface area contributed by atoms with Gasteiger partial charge in [-0.1, -0.05) is 161 Å². The van der Waals surface area contributed by atoms with E-state index >= 15 is 0 Å². The van der Waals surface area contributed by atoms with Crippen molar-refractivity contribution in [1.29, 1.82) is 0 Å². The van der Waals surface area contributed by atoms with E-state index in [-0.39, 0.29) is 10.8 Å². The summed E-state index contributed by atoms with van der Waals surface area (Å²) in [5, 5.41) is 2.22. The normalized spacial score (nSPS) is 14.4. The Labute approximate surface area is 328 Å². The van der Waals surface area contributed by atoms with E-state index in [1.807, 2.05) is 0 Å². The van der Waals surface area contributed by atoms with Crippen molar-refractivity contribution in [2.24, 2.45) is 0 Å². The molecule has 2 aliphatic carbocycles. The SMILES string of the molecule is CC1(C)c2ccccc2-c2ccc(-c3ccc4c(oc5ccccc54)c3N(c3ccc(-c4ccccc4)cc3)c3ccc4c(c3)C(C)(C)c3ccccc3-4)cc21. The molecular weight excluding hydrogens is 679 g/mol. The smallest absolute Gasteiger partial charge is 0.160 e. The highest BCUT2D eigenvalue weighted by molar-refractivity contribution is 6.14. The van der Waals surface area contributed by atoms with Crippen molar-refractivity contribution < 1.29 is 4.42 Å². The largest absolute Gasteiger partial charge is 0.454 e. The third-order valence-electron chi connectivity index (χ3n) is 12.7. The standard InChI is InChI=1S/C54H41NO/c1-53(2)46-19-11-8-16-40(46)42-28-24-36(32-48(42)53)39-30-31-45-44-18-10-13-21-50(44)56-52(45)51(39)55(37-25-22-35(23-26-37)34-14-6-5-7-15-34)38-27-29-43-41-17-9-12-20-47(41)54(3,4)49(43)33-38/h5-33H,1-4H3. The van der Waals surface area contributed by atoms with Gasteiger partial charge in [0, 0.05) is 38.5 Å². The van der Waals surface area contributed by atoms with Gasteiger partial charge in [-0.3, -0.25) is 0 Å². The number of hydrogen-bond acceptors (Lipinski definition) is 2. The Hall–Kier alpha value is -6.64. The van der Waals surface area contributed by atoms with Crippen LogP contribution >= 0.6 is 0 Å². The van der Waals surface area contributed by atoms with E-state index < -0.39 is 0 Å². The van der Waals surface area contributed by atoms with Gasteiger partial charge in [0.25, 0.3) is 0 Å². The fourth-order valence-electron chi connectivity index (χ4n) is 9.77. The lowest BCUT2D eigenvalue weighted by Gasteiger charge is -2.30. The summed E-state index contributed by atoms with van der Waals surface area (Å²) in [7, 11) is 0. The number of hydrogen-bond donors (Lipinski definition) is 0. The number of fused-ring (bicyclic) bond motifs is 9. The molecule has 9 aromatic rings. The second-order valence-electron chi connectivity index (χ2n) is 16.5. The number of furan rings is 1. The van der Waals surface area contributed by atoms with E-state index in [9.17, 15) is 0 Å². The summed E-state index contributed by atoms with van der Waals surface area (Å²) in [6.45, 7) is 9.43. The van der Waals surface area contributed by atoms with E-state index in [0.717, 1.165) is 44.6 Å². The molecule has 1 aromatic heterocycles. The summed E-state index contributed by atoms with van der Waals surface area (Å²) in [4.78, 5) is 2.45. The predicted molar refractivity (Wildman–Crippen MR) is 234 cm³/mol. The molecule has 0 atom stereocenters. The van der Waals surface area contributed by atoms with E-state index in [2.05, 4.69) is 209 Å². The Morgan fingerprint density at radius 2 is 0.893 bits per heavy atom. The van der Waals surface area contributed by atoms with Crippen molar-refractivity contribution >= 4 is 39.0 Å². The first-order valence-electron chi connectivity index (χ1n) is 19.7. The molecule has 0 saturated carbocycles. The molecule has 11 rings (SSSR count). The average molecular weight is 720 g/mol. The van der Waals surface area contributed by atoms with E-state index in [4.69, 9.17) is 4.42 Å². The molecule has 8 aromatic carbocycles. The highest BCUT2D eigenvalue weighted by Gasteiger charge is 2.38. The molecule has 1 heterocycles. The van der Waals surface area contributed by atoms with Crippen molar-refractivity contribution in [3.05, 3.63) is 198 Å². The van der Waals surface area contributed by atoms with Crippen molar-refractivity contribution in [2.45, 2.75) is 38.5 Å². The lowest BCUT2D eigenvalue weighted by atomic mass is 9.81. The molecule has 56 heavy (non-hydrogen) atoms. The highest BCUT2D eigenvalue weighted by atomic mass is 16.3. The Balaban J connectivity index is 1.19. The summed E-state index contributed by atoms with van der Waals surface area (Å²) < 4.78 is 6.99. The molecular formula is C54H41NO. The van der Waals surface area contributed by atoms with Gasteiger partial charge in [-0.2, -0.15) is 0 Å². The van der Waals surface area contributed by atoms with Crippen LogP contribution in [0.1, 0.15) is 49.9 Å². The average Bonchev–Trinajstić information content (AvgIpc) is 3.81. The summed E-state index contributed by atoms with van der Waals surface area (Å²) in [5.41, 5.74) is 20.1. The maximum atomic E-state index is 6.99. The van der Waals surface area contributed by atoms with Crippen LogP contribution in [0.25, 0.3) is 66.4 Å². The minimum absolute atomic E-state index is 0.126. The van der Waals surface area contributed by atoms with E-state index in [1.165, 1.54) is 61.2 Å². The topological polar surface area (TPSA) is 16.4 Å². The van der Waals surface area contributed by atoms with Gasteiger partial charge in [-0.25, -0.2) is 0 Å². The second kappa shape index (κ2) is 11.9. The van der Waals surface area contributed by atoms with Crippen LogP contribution in [0.3, 0.4) is 0 Å². The maximum absolute atomic E-state index is 6.99. The van der Waals surface area contributed by atoms with Gasteiger partial charge in [-0.05, 0) is 104 Å². The molecule has 0 fully saturated rings. The Bertz CT molecular complexity index is 3020. The minimum atomic E-state index is -0.153. The molecule has 0 bridgehead atoms. The van der Waals surface area contributed by atoms with Crippen molar-refractivity contribution in [3.8, 4) is 44.5 Å². The molecule has 0 N–H and O–H groups in total.